The monoisotopic (exact) mass is 311 g/mol. The van der Waals surface area contributed by atoms with Crippen molar-refractivity contribution in [3.05, 3.63) is 47.8 Å². The van der Waals surface area contributed by atoms with Crippen LogP contribution in [-0.2, 0) is 4.74 Å². The van der Waals surface area contributed by atoms with Gasteiger partial charge in [-0.2, -0.15) is 5.26 Å². The first-order chi connectivity index (χ1) is 11.2. The van der Waals surface area contributed by atoms with Gasteiger partial charge in [0.1, 0.15) is 5.69 Å². The van der Waals surface area contributed by atoms with Gasteiger partial charge in [0, 0.05) is 32.1 Å². The minimum Gasteiger partial charge on any atom is -0.385 e. The SMILES string of the molecule is COCCCNC(=O)c1ccnc(Nc2cccc(C#N)c2)n1. The van der Waals surface area contributed by atoms with Gasteiger partial charge < -0.3 is 15.4 Å². The molecular formula is C16H17N5O2. The van der Waals surface area contributed by atoms with E-state index in [9.17, 15) is 4.79 Å². The summed E-state index contributed by atoms with van der Waals surface area (Å²) < 4.78 is 4.92. The summed E-state index contributed by atoms with van der Waals surface area (Å²) in [6, 6.07) is 10.5. The van der Waals surface area contributed by atoms with Crippen molar-refractivity contribution in [1.82, 2.24) is 15.3 Å². The molecule has 1 amide bonds. The zero-order chi connectivity index (χ0) is 16.5. The lowest BCUT2D eigenvalue weighted by Gasteiger charge is -2.07. The average molecular weight is 311 g/mol. The van der Waals surface area contributed by atoms with Crippen molar-refractivity contribution < 1.29 is 9.53 Å². The van der Waals surface area contributed by atoms with E-state index in [1.54, 1.807) is 37.4 Å². The number of methoxy groups -OCH3 is 1. The summed E-state index contributed by atoms with van der Waals surface area (Å²) in [7, 11) is 1.62. The smallest absolute Gasteiger partial charge is 0.270 e. The molecule has 2 aromatic rings. The number of nitrogens with zero attached hydrogens (tertiary/aromatic N) is 3. The number of aromatic nitrogens is 2. The van der Waals surface area contributed by atoms with Crippen molar-refractivity contribution >= 4 is 17.5 Å². The van der Waals surface area contributed by atoms with E-state index in [-0.39, 0.29) is 11.6 Å². The lowest BCUT2D eigenvalue weighted by atomic mass is 10.2. The third kappa shape index (κ3) is 5.05. The van der Waals surface area contributed by atoms with E-state index in [0.717, 1.165) is 6.42 Å². The first-order valence-corrected chi connectivity index (χ1v) is 7.10. The molecule has 0 spiro atoms. The van der Waals surface area contributed by atoms with Crippen LogP contribution in [0.25, 0.3) is 0 Å². The summed E-state index contributed by atoms with van der Waals surface area (Å²) in [5, 5.41) is 14.6. The summed E-state index contributed by atoms with van der Waals surface area (Å²) in [5.74, 6) is 0.0296. The number of amides is 1. The second-order valence-electron chi connectivity index (χ2n) is 4.69. The largest absolute Gasteiger partial charge is 0.385 e. The minimum absolute atomic E-state index is 0.266. The number of carbonyl (C=O) groups excluding carboxylic acids is 1. The molecule has 0 radical (unpaired) electrons. The van der Waals surface area contributed by atoms with Gasteiger partial charge in [0.15, 0.2) is 0 Å². The summed E-state index contributed by atoms with van der Waals surface area (Å²) in [6.07, 6.45) is 2.24. The predicted molar refractivity (Wildman–Crippen MR) is 85.3 cm³/mol. The Morgan fingerprint density at radius 3 is 3.04 bits per heavy atom. The standard InChI is InChI=1S/C16H17N5O2/c1-23-9-3-7-18-15(22)14-6-8-19-16(21-14)20-13-5-2-4-12(10-13)11-17/h2,4-6,8,10H,3,7,9H2,1H3,(H,18,22)(H,19,20,21). The Balaban J connectivity index is 2.01. The number of rotatable bonds is 7. The molecule has 7 heteroatoms. The van der Waals surface area contributed by atoms with E-state index >= 15 is 0 Å². The van der Waals surface area contributed by atoms with Gasteiger partial charge in [-0.3, -0.25) is 4.79 Å². The number of benzene rings is 1. The van der Waals surface area contributed by atoms with Crippen LogP contribution in [-0.4, -0.2) is 36.1 Å². The third-order valence-electron chi connectivity index (χ3n) is 2.95. The first kappa shape index (κ1) is 16.4. The Kier molecular flexibility index (Phi) is 6.03. The van der Waals surface area contributed by atoms with Crippen LogP contribution in [0.1, 0.15) is 22.5 Å². The quantitative estimate of drug-likeness (QED) is 0.757. The maximum absolute atomic E-state index is 12.0. The fraction of sp³-hybridized carbons (Fsp3) is 0.250. The number of ether oxygens (including phenoxy) is 1. The molecule has 0 bridgehead atoms. The van der Waals surface area contributed by atoms with Crippen LogP contribution >= 0.6 is 0 Å². The van der Waals surface area contributed by atoms with Gasteiger partial charge in [0.2, 0.25) is 5.95 Å². The van der Waals surface area contributed by atoms with Crippen LogP contribution in [0.2, 0.25) is 0 Å². The van der Waals surface area contributed by atoms with Crippen LogP contribution in [0.5, 0.6) is 0 Å². The summed E-state index contributed by atoms with van der Waals surface area (Å²) in [5.41, 5.74) is 1.49. The zero-order valence-corrected chi connectivity index (χ0v) is 12.7. The average Bonchev–Trinajstić information content (AvgIpc) is 2.59. The van der Waals surface area contributed by atoms with Crippen molar-refractivity contribution in [2.45, 2.75) is 6.42 Å². The highest BCUT2D eigenvalue weighted by atomic mass is 16.5. The predicted octanol–water partition coefficient (Wildman–Crippen LogP) is 1.86. The highest BCUT2D eigenvalue weighted by Gasteiger charge is 2.08. The molecule has 0 fully saturated rings. The summed E-state index contributed by atoms with van der Waals surface area (Å²) in [4.78, 5) is 20.3. The van der Waals surface area contributed by atoms with Crippen molar-refractivity contribution in [2.75, 3.05) is 25.6 Å². The Morgan fingerprint density at radius 1 is 1.39 bits per heavy atom. The van der Waals surface area contributed by atoms with E-state index in [2.05, 4.69) is 26.7 Å². The second kappa shape index (κ2) is 8.46. The summed E-state index contributed by atoms with van der Waals surface area (Å²) in [6.45, 7) is 1.11. The van der Waals surface area contributed by atoms with Crippen LogP contribution in [0.4, 0.5) is 11.6 Å². The lowest BCUT2D eigenvalue weighted by molar-refractivity contribution is 0.0943. The normalized spacial score (nSPS) is 9.91. The van der Waals surface area contributed by atoms with Gasteiger partial charge in [-0.15, -0.1) is 0 Å². The van der Waals surface area contributed by atoms with E-state index in [1.165, 1.54) is 6.20 Å². The van der Waals surface area contributed by atoms with Crippen molar-refractivity contribution in [1.29, 1.82) is 5.26 Å². The Hall–Kier alpha value is -2.98. The Labute approximate surface area is 134 Å². The van der Waals surface area contributed by atoms with Crippen LogP contribution in [0.15, 0.2) is 36.5 Å². The van der Waals surface area contributed by atoms with Gasteiger partial charge >= 0.3 is 0 Å². The maximum atomic E-state index is 12.0. The molecule has 0 saturated carbocycles. The molecule has 1 aromatic heterocycles. The van der Waals surface area contributed by atoms with Gasteiger partial charge in [-0.05, 0) is 30.7 Å². The van der Waals surface area contributed by atoms with Crippen molar-refractivity contribution in [2.24, 2.45) is 0 Å². The highest BCUT2D eigenvalue weighted by Crippen LogP contribution is 2.14. The number of hydrogen-bond acceptors (Lipinski definition) is 6. The third-order valence-corrected chi connectivity index (χ3v) is 2.95. The lowest BCUT2D eigenvalue weighted by Crippen LogP contribution is -2.26. The van der Waals surface area contributed by atoms with Gasteiger partial charge in [0.25, 0.3) is 5.91 Å². The molecule has 0 aliphatic heterocycles. The number of hydrogen-bond donors (Lipinski definition) is 2. The van der Waals surface area contributed by atoms with Crippen molar-refractivity contribution in [3.8, 4) is 6.07 Å². The van der Waals surface area contributed by atoms with E-state index in [0.29, 0.717) is 30.4 Å². The molecule has 118 valence electrons. The number of nitrogens with one attached hydrogen (secondary N) is 2. The van der Waals surface area contributed by atoms with Crippen LogP contribution in [0, 0.1) is 11.3 Å². The summed E-state index contributed by atoms with van der Waals surface area (Å²) >= 11 is 0. The zero-order valence-electron chi connectivity index (χ0n) is 12.7. The molecule has 0 saturated heterocycles. The molecule has 1 aromatic carbocycles. The molecule has 23 heavy (non-hydrogen) atoms. The molecule has 0 aliphatic rings. The highest BCUT2D eigenvalue weighted by molar-refractivity contribution is 5.92. The maximum Gasteiger partial charge on any atom is 0.270 e. The molecule has 0 atom stereocenters. The van der Waals surface area contributed by atoms with Crippen molar-refractivity contribution in [3.63, 3.8) is 0 Å². The molecule has 0 aliphatic carbocycles. The minimum atomic E-state index is -0.266. The van der Waals surface area contributed by atoms with Gasteiger partial charge in [-0.25, -0.2) is 9.97 Å². The van der Waals surface area contributed by atoms with E-state index in [4.69, 9.17) is 10.00 Å². The van der Waals surface area contributed by atoms with E-state index < -0.39 is 0 Å². The van der Waals surface area contributed by atoms with Crippen LogP contribution in [0.3, 0.4) is 0 Å². The fourth-order valence-electron chi connectivity index (χ4n) is 1.85. The van der Waals surface area contributed by atoms with Gasteiger partial charge in [0.05, 0.1) is 11.6 Å². The van der Waals surface area contributed by atoms with E-state index in [1.807, 2.05) is 0 Å². The number of anilines is 2. The molecule has 0 unspecified atom stereocenters. The van der Waals surface area contributed by atoms with Crippen LogP contribution < -0.4 is 10.6 Å². The molecule has 2 N–H and O–H groups in total. The Morgan fingerprint density at radius 2 is 2.26 bits per heavy atom. The topological polar surface area (TPSA) is 99.9 Å². The number of nitriles is 1. The fourth-order valence-corrected chi connectivity index (χ4v) is 1.85. The molecule has 7 nitrogen and oxygen atoms in total. The molecule has 1 heterocycles. The second-order valence-corrected chi connectivity index (χ2v) is 4.69. The number of carbonyl (C=O) groups is 1. The molecular weight excluding hydrogens is 294 g/mol. The Bertz CT molecular complexity index is 712. The van der Waals surface area contributed by atoms with Gasteiger partial charge in [-0.1, -0.05) is 6.07 Å². The first-order valence-electron chi connectivity index (χ1n) is 7.10. The molecule has 2 rings (SSSR count).